The fraction of sp³-hybridized carbons (Fsp3) is 0. The van der Waals surface area contributed by atoms with Crippen molar-refractivity contribution >= 4 is 77.4 Å². The molecule has 0 aliphatic rings. The first-order valence-corrected chi connectivity index (χ1v) is 24.2. The molecule has 0 saturated heterocycles. The van der Waals surface area contributed by atoms with E-state index in [0.29, 0.717) is 0 Å². The van der Waals surface area contributed by atoms with Gasteiger partial charge in [0.2, 0.25) is 0 Å². The van der Waals surface area contributed by atoms with E-state index in [2.05, 4.69) is 186 Å². The quantitative estimate of drug-likeness (QED) is 0.111. The monoisotopic (exact) mass is 800 g/mol. The second-order valence-corrected chi connectivity index (χ2v) is 21.1. The Hall–Kier alpha value is -3.75. The van der Waals surface area contributed by atoms with Crippen LogP contribution in [-0.4, -0.2) is 4.26 Å². The molecule has 0 nitrogen and oxygen atoms in total. The van der Waals surface area contributed by atoms with E-state index >= 15 is 0 Å². The first-order chi connectivity index (χ1) is 24.2. The topological polar surface area (TPSA) is 0 Å². The van der Waals surface area contributed by atoms with Crippen LogP contribution in [0.3, 0.4) is 0 Å². The van der Waals surface area contributed by atoms with Crippen LogP contribution in [0.4, 0.5) is 0 Å². The summed E-state index contributed by atoms with van der Waals surface area (Å²) in [5.74, 6) is 0. The molecular weight excluding hydrogens is 762 g/mol. The van der Waals surface area contributed by atoms with Crippen LogP contribution in [-0.2, 0) is 13.5 Å². The molecule has 0 aliphatic heterocycles. The molecule has 0 aliphatic carbocycles. The Balaban J connectivity index is 0.000000149. The van der Waals surface area contributed by atoms with Gasteiger partial charge in [0, 0.05) is 0 Å². The maximum Gasteiger partial charge on any atom is 0.102 e. The Morgan fingerprint density at radius 1 is 0.327 bits per heavy atom. The molecular formula is C44H38Cl2P2Ru+2. The molecule has 0 fully saturated rings. The van der Waals surface area contributed by atoms with E-state index < -0.39 is 29.4 Å². The molecule has 7 rings (SSSR count). The Bertz CT molecular complexity index is 1680. The number of benzene rings is 7. The first kappa shape index (κ1) is 36.5. The summed E-state index contributed by atoms with van der Waals surface area (Å²) in [6.45, 7) is 0. The zero-order valence-electron chi connectivity index (χ0n) is 26.9. The van der Waals surface area contributed by atoms with Crippen LogP contribution in [0.25, 0.3) is 6.08 Å². The maximum absolute atomic E-state index is 5.59. The van der Waals surface area contributed by atoms with Crippen molar-refractivity contribution in [3.8, 4) is 0 Å². The minimum absolute atomic E-state index is 0.877. The Kier molecular flexibility index (Phi) is 15.4. The van der Waals surface area contributed by atoms with Crippen molar-refractivity contribution in [1.82, 2.24) is 0 Å². The molecule has 0 aromatic heterocycles. The molecule has 0 spiro atoms. The largest absolute Gasteiger partial charge is 0.102 e. The minimum atomic E-state index is -1.74. The van der Waals surface area contributed by atoms with Crippen molar-refractivity contribution in [2.24, 2.45) is 0 Å². The average Bonchev–Trinajstić information content (AvgIpc) is 3.18. The second kappa shape index (κ2) is 20.7. The number of hydrogen-bond donors (Lipinski definition) is 0. The van der Waals surface area contributed by atoms with E-state index in [1.807, 2.05) is 36.4 Å². The van der Waals surface area contributed by atoms with Crippen molar-refractivity contribution in [2.45, 2.75) is 0 Å². The Labute approximate surface area is 306 Å². The minimum Gasteiger partial charge on any atom is -0.0620 e. The molecule has 0 saturated carbocycles. The van der Waals surface area contributed by atoms with E-state index in [9.17, 15) is 0 Å². The van der Waals surface area contributed by atoms with Gasteiger partial charge in [-0.15, -0.1) is 0 Å². The molecule has 5 heteroatoms. The molecule has 0 bridgehead atoms. The third-order valence-electron chi connectivity index (χ3n) is 7.47. The fourth-order valence-corrected chi connectivity index (χ4v) is 11.4. The zero-order valence-corrected chi connectivity index (χ0v) is 32.1. The van der Waals surface area contributed by atoms with E-state index in [0.717, 1.165) is 5.56 Å². The van der Waals surface area contributed by atoms with Crippen molar-refractivity contribution < 1.29 is 13.5 Å². The number of halogens is 2. The summed E-state index contributed by atoms with van der Waals surface area (Å²) in [6, 6.07) is 74.9. The molecule has 7 aromatic rings. The van der Waals surface area contributed by atoms with Crippen molar-refractivity contribution in [3.63, 3.8) is 0 Å². The van der Waals surface area contributed by atoms with E-state index in [1.54, 1.807) is 0 Å². The molecule has 0 atom stereocenters. The molecule has 7 aromatic carbocycles. The van der Waals surface area contributed by atoms with Crippen LogP contribution >= 0.6 is 35.2 Å². The molecule has 0 radical (unpaired) electrons. The van der Waals surface area contributed by atoms with Gasteiger partial charge in [-0.2, -0.15) is 0 Å². The van der Waals surface area contributed by atoms with E-state index in [-0.39, 0.29) is 0 Å². The summed E-state index contributed by atoms with van der Waals surface area (Å²) in [6.07, 6.45) is 1.83. The average molecular weight is 801 g/mol. The Morgan fingerprint density at radius 2 is 0.531 bits per heavy atom. The number of hydrogen-bond acceptors (Lipinski definition) is 0. The van der Waals surface area contributed by atoms with Gasteiger partial charge in [0.25, 0.3) is 0 Å². The first-order valence-electron chi connectivity index (χ1n) is 15.9. The van der Waals surface area contributed by atoms with Gasteiger partial charge in [0.15, 0.2) is 0 Å². The van der Waals surface area contributed by atoms with Crippen LogP contribution in [0.5, 0.6) is 0 Å². The van der Waals surface area contributed by atoms with Gasteiger partial charge in [-0.1, -0.05) is 109 Å². The SMILES string of the molecule is [Cl][Ru]([Cl])=[C]=Cc1ccccc1.c1ccc([PH+](c2ccccc2)c2ccccc2)cc1.c1ccc([PH+](c2ccccc2)c2ccccc2)cc1. The molecule has 49 heavy (non-hydrogen) atoms. The predicted molar refractivity (Wildman–Crippen MR) is 221 cm³/mol. The second-order valence-electron chi connectivity index (χ2n) is 10.8. The van der Waals surface area contributed by atoms with Crippen molar-refractivity contribution in [2.75, 3.05) is 0 Å². The standard InChI is InChI=1S/2C18H15P.C8H6.2ClH.Ru/c2*1-4-10-16(11-5-1)19(17-12-6-2-7-13-17)18-14-8-3-9-15-18;1-2-8-6-4-3-5-7-8;;;/h2*1-15H;2-7H;2*1H;/q;;;;;+2. The molecule has 0 heterocycles. The van der Waals surface area contributed by atoms with Crippen molar-refractivity contribution in [3.05, 3.63) is 218 Å². The fourth-order valence-electron chi connectivity index (χ4n) is 5.28. The predicted octanol–water partition coefficient (Wildman–Crippen LogP) is 9.38. The molecule has 0 amide bonds. The van der Waals surface area contributed by atoms with Gasteiger partial charge in [0.05, 0.1) is 15.8 Å². The summed E-state index contributed by atoms with van der Waals surface area (Å²) in [4.78, 5) is 0. The number of rotatable bonds is 7. The molecule has 244 valence electrons. The van der Waals surface area contributed by atoms with Gasteiger partial charge in [-0.3, -0.25) is 0 Å². The van der Waals surface area contributed by atoms with E-state index in [4.69, 9.17) is 19.4 Å². The van der Waals surface area contributed by atoms with Crippen LogP contribution < -0.4 is 31.8 Å². The summed E-state index contributed by atoms with van der Waals surface area (Å²) in [5.41, 5.74) is 1.09. The van der Waals surface area contributed by atoms with Gasteiger partial charge >= 0.3 is 79.1 Å². The zero-order chi connectivity index (χ0) is 33.9. The summed E-state index contributed by atoms with van der Waals surface area (Å²) in [5, 5.41) is 8.61. The summed E-state index contributed by atoms with van der Waals surface area (Å²) in [7, 11) is 9.43. The van der Waals surface area contributed by atoms with Crippen LogP contribution in [0.2, 0.25) is 0 Å². The van der Waals surface area contributed by atoms with Crippen LogP contribution in [0, 0.1) is 0 Å². The van der Waals surface area contributed by atoms with Gasteiger partial charge in [-0.25, -0.2) is 0 Å². The van der Waals surface area contributed by atoms with Crippen molar-refractivity contribution in [1.29, 1.82) is 0 Å². The third kappa shape index (κ3) is 12.0. The normalized spacial score (nSPS) is 10.5. The van der Waals surface area contributed by atoms with Gasteiger partial charge in [0.1, 0.15) is 31.8 Å². The smallest absolute Gasteiger partial charge is 0.0620 e. The summed E-state index contributed by atoms with van der Waals surface area (Å²) < 4.78 is 2.91. The molecule has 0 N–H and O–H groups in total. The summed E-state index contributed by atoms with van der Waals surface area (Å²) >= 11 is -1.74. The van der Waals surface area contributed by atoms with Crippen LogP contribution in [0.15, 0.2) is 212 Å². The third-order valence-corrected chi connectivity index (χ3v) is 14.5. The van der Waals surface area contributed by atoms with Crippen LogP contribution in [0.1, 0.15) is 5.56 Å². The maximum atomic E-state index is 5.59. The molecule has 0 unspecified atom stereocenters. The van der Waals surface area contributed by atoms with Gasteiger partial charge < -0.3 is 0 Å². The Morgan fingerprint density at radius 3 is 0.735 bits per heavy atom. The van der Waals surface area contributed by atoms with E-state index in [1.165, 1.54) is 31.8 Å². The van der Waals surface area contributed by atoms with Gasteiger partial charge in [-0.05, 0) is 72.8 Å².